The molecule has 6 aliphatic rings. The second-order valence-electron chi connectivity index (χ2n) is 18.2. The molecule has 0 spiro atoms. The summed E-state index contributed by atoms with van der Waals surface area (Å²) in [5, 5.41) is 91.0. The number of aliphatic hydroxyl groups is 6. The summed E-state index contributed by atoms with van der Waals surface area (Å²) in [5.74, 6) is -1.98. The molecule has 0 aromatic heterocycles. The molecule has 0 saturated heterocycles. The lowest BCUT2D eigenvalue weighted by atomic mass is 9.57. The highest BCUT2D eigenvalue weighted by Gasteiger charge is 2.65. The zero-order valence-electron chi connectivity index (χ0n) is 36.5. The van der Waals surface area contributed by atoms with Crippen molar-refractivity contribution in [2.24, 2.45) is 29.4 Å². The molecule has 10 N–H and O–H groups in total. The fourth-order valence-electron chi connectivity index (χ4n) is 11.3. The first-order valence-corrected chi connectivity index (χ1v) is 21.2. The molecular formula is C49H47N3O14. The largest absolute Gasteiger partial charge is 0.508 e. The first-order valence-electron chi connectivity index (χ1n) is 21.2. The molecule has 2 aromatic carbocycles. The maximum absolute atomic E-state index is 14.2. The topological polar surface area (TPSA) is 297 Å². The first kappa shape index (κ1) is 45.5. The number of hydrogen-bond acceptors (Lipinski definition) is 16. The summed E-state index contributed by atoms with van der Waals surface area (Å²) < 4.78 is 0. The number of nitrogens with two attached hydrogens (primary N) is 1. The molecule has 2 saturated carbocycles. The number of carbonyl (C=O) groups is 6. The van der Waals surface area contributed by atoms with E-state index in [2.05, 4.69) is 23.7 Å². The highest BCUT2D eigenvalue weighted by molar-refractivity contribution is 6.26. The van der Waals surface area contributed by atoms with Crippen LogP contribution < -0.4 is 5.73 Å². The number of unbranched alkanes of at least 4 members (excludes halogenated alkanes) is 1. The van der Waals surface area contributed by atoms with Gasteiger partial charge < -0.3 is 46.6 Å². The maximum Gasteiger partial charge on any atom is 0.255 e. The Morgan fingerprint density at radius 2 is 1.03 bits per heavy atom. The molecular weight excluding hydrogens is 855 g/mol. The minimum absolute atomic E-state index is 0.0479. The number of carbonyl (C=O) groups excluding carboxylic acids is 6. The maximum atomic E-state index is 14.2. The molecule has 66 heavy (non-hydrogen) atoms. The van der Waals surface area contributed by atoms with E-state index in [0.29, 0.717) is 22.3 Å². The van der Waals surface area contributed by atoms with Gasteiger partial charge in [0, 0.05) is 47.0 Å². The van der Waals surface area contributed by atoms with Crippen LogP contribution in [0.2, 0.25) is 0 Å². The lowest BCUT2D eigenvalue weighted by molar-refractivity contribution is -0.155. The van der Waals surface area contributed by atoms with Gasteiger partial charge in [-0.25, -0.2) is 0 Å². The molecule has 0 heterocycles. The normalized spacial score (nSPS) is 29.0. The number of nitrogens with zero attached hydrogens (tertiary/aromatic N) is 2. The van der Waals surface area contributed by atoms with Gasteiger partial charge in [0.2, 0.25) is 11.6 Å². The van der Waals surface area contributed by atoms with Crippen molar-refractivity contribution in [2.75, 3.05) is 28.2 Å². The van der Waals surface area contributed by atoms with Crippen molar-refractivity contribution in [1.29, 1.82) is 0 Å². The van der Waals surface area contributed by atoms with E-state index in [1.54, 1.807) is 26.2 Å². The Morgan fingerprint density at radius 1 is 0.652 bits per heavy atom. The average molecular weight is 902 g/mol. The molecule has 0 radical (unpaired) electrons. The molecule has 2 aromatic rings. The summed E-state index contributed by atoms with van der Waals surface area (Å²) in [5.41, 5.74) is -0.689. The quantitative estimate of drug-likeness (QED) is 0.117. The number of benzene rings is 2. The Morgan fingerprint density at radius 3 is 1.39 bits per heavy atom. The summed E-state index contributed by atoms with van der Waals surface area (Å²) in [6.07, 6.45) is 0.438. The standard InChI is InChI=1S/C49H47N3O14/c1-20(53)31-41(58)37(51(2)3)27-18-23-16-25-21(12-14-29(54)34(25)39(56)32(23)44(61)48(27,65)43(31)60)10-8-6-7-9-11-22-13-15-30(55)35-26(22)17-24-19-28-38(52(4)5)42(59)36(47(50)64)46(63)49(28,66)45(62)33(24)40(35)57/h12-15,23-24,27-28,37-38,54-57,60,63,65-66H,6-7,16-19H2,1-5H3,(H2,50,64). The Kier molecular flexibility index (Phi) is 10.9. The van der Waals surface area contributed by atoms with Gasteiger partial charge in [-0.05, 0) is 108 Å². The van der Waals surface area contributed by atoms with Gasteiger partial charge in [-0.2, -0.15) is 0 Å². The van der Waals surface area contributed by atoms with Gasteiger partial charge in [0.1, 0.15) is 45.7 Å². The Bertz CT molecular complexity index is 2720. The van der Waals surface area contributed by atoms with Gasteiger partial charge in [0.25, 0.3) is 5.91 Å². The van der Waals surface area contributed by atoms with E-state index >= 15 is 0 Å². The number of rotatable bonds is 5. The second-order valence-corrected chi connectivity index (χ2v) is 18.2. The lowest BCUT2D eigenvalue weighted by Crippen LogP contribution is -2.65. The summed E-state index contributed by atoms with van der Waals surface area (Å²) >= 11 is 0. The third-order valence-electron chi connectivity index (χ3n) is 14.1. The first-order chi connectivity index (χ1) is 31.0. The number of hydrogen-bond donors (Lipinski definition) is 9. The number of Topliss-reactive ketones (excluding diaryl/α,β-unsaturated/α-hetero) is 5. The van der Waals surface area contributed by atoms with Crippen LogP contribution >= 0.6 is 0 Å². The summed E-state index contributed by atoms with van der Waals surface area (Å²) in [6, 6.07) is 3.30. The minimum atomic E-state index is -2.77. The zero-order chi connectivity index (χ0) is 48.2. The molecule has 8 atom stereocenters. The number of aromatic hydroxyl groups is 2. The fraction of sp³-hybridized carbons (Fsp3) is 0.388. The smallest absolute Gasteiger partial charge is 0.255 e. The number of fused-ring (bicyclic) bond motifs is 6. The van der Waals surface area contributed by atoms with Crippen LogP contribution in [0.4, 0.5) is 0 Å². The third kappa shape index (κ3) is 6.33. The van der Waals surface area contributed by atoms with E-state index in [4.69, 9.17) is 5.73 Å². The highest BCUT2D eigenvalue weighted by Crippen LogP contribution is 2.55. The van der Waals surface area contributed by atoms with E-state index in [1.165, 1.54) is 36.0 Å². The SMILES string of the molecule is CC(=O)C1=C(O)C2(O)C(=O)C3=C(O)c4c(O)ccc(C#CCCC#Cc5ccc(O)c6c5CC5CC7C(N(C)C)C(=O)C(C(N)=O)=C(O)C7(O)C(=O)C5=C6O)c4CC3CC2C(N(C)C)C1=O. The van der Waals surface area contributed by atoms with Crippen LogP contribution in [0.5, 0.6) is 11.5 Å². The van der Waals surface area contributed by atoms with Crippen molar-refractivity contribution >= 4 is 46.3 Å². The van der Waals surface area contributed by atoms with Gasteiger partial charge >= 0.3 is 0 Å². The highest BCUT2D eigenvalue weighted by atomic mass is 16.4. The molecule has 8 rings (SSSR count). The van der Waals surface area contributed by atoms with Gasteiger partial charge in [-0.15, -0.1) is 0 Å². The Labute approximate surface area is 377 Å². The van der Waals surface area contributed by atoms with Crippen molar-refractivity contribution < 1.29 is 69.6 Å². The van der Waals surface area contributed by atoms with E-state index < -0.39 is 116 Å². The second kappa shape index (κ2) is 15.9. The monoisotopic (exact) mass is 901 g/mol. The molecule has 8 unspecified atom stereocenters. The number of ketones is 5. The van der Waals surface area contributed by atoms with E-state index in [1.807, 2.05) is 0 Å². The predicted molar refractivity (Wildman–Crippen MR) is 233 cm³/mol. The molecule has 342 valence electrons. The summed E-state index contributed by atoms with van der Waals surface area (Å²) in [4.78, 5) is 82.9. The number of amides is 1. The Balaban J connectivity index is 1.07. The number of phenols is 2. The van der Waals surface area contributed by atoms with Crippen LogP contribution in [0.1, 0.15) is 66.0 Å². The fourth-order valence-corrected chi connectivity index (χ4v) is 11.3. The molecule has 17 nitrogen and oxygen atoms in total. The van der Waals surface area contributed by atoms with Gasteiger partial charge in [-0.3, -0.25) is 38.6 Å². The Hall–Kier alpha value is -7.02. The third-order valence-corrected chi connectivity index (χ3v) is 14.1. The van der Waals surface area contributed by atoms with Crippen LogP contribution in [-0.2, 0) is 41.6 Å². The van der Waals surface area contributed by atoms with Crippen LogP contribution in [0, 0.1) is 47.4 Å². The van der Waals surface area contributed by atoms with Crippen molar-refractivity contribution in [3.63, 3.8) is 0 Å². The number of aliphatic hydroxyl groups excluding tert-OH is 4. The number of likely N-dealkylation sites (N-methyl/N-ethyl adjacent to an activating group) is 2. The van der Waals surface area contributed by atoms with Crippen LogP contribution in [0.15, 0.2) is 58.1 Å². The number of phenolic OH excluding ortho intramolecular Hbond substituents is 2. The van der Waals surface area contributed by atoms with Crippen LogP contribution in [0.3, 0.4) is 0 Å². The zero-order valence-corrected chi connectivity index (χ0v) is 36.5. The number of primary amides is 1. The van der Waals surface area contributed by atoms with Crippen molar-refractivity contribution in [2.45, 2.75) is 68.7 Å². The van der Waals surface area contributed by atoms with Gasteiger partial charge in [0.15, 0.2) is 28.6 Å². The van der Waals surface area contributed by atoms with Gasteiger partial charge in [0.05, 0.1) is 23.2 Å². The minimum Gasteiger partial charge on any atom is -0.508 e. The molecule has 17 heteroatoms. The molecule has 0 bridgehead atoms. The average Bonchev–Trinajstić information content (AvgIpc) is 3.22. The van der Waals surface area contributed by atoms with Crippen LogP contribution in [0.25, 0.3) is 11.5 Å². The van der Waals surface area contributed by atoms with Gasteiger partial charge in [-0.1, -0.05) is 23.7 Å². The van der Waals surface area contributed by atoms with Crippen molar-refractivity contribution in [1.82, 2.24) is 9.80 Å². The summed E-state index contributed by atoms with van der Waals surface area (Å²) in [6.45, 7) is 1.04. The van der Waals surface area contributed by atoms with E-state index in [-0.39, 0.29) is 72.3 Å². The molecule has 2 fully saturated rings. The lowest BCUT2D eigenvalue weighted by Gasteiger charge is -2.50. The molecule has 1 amide bonds. The summed E-state index contributed by atoms with van der Waals surface area (Å²) in [7, 11) is 6.14. The molecule has 0 aliphatic heterocycles. The van der Waals surface area contributed by atoms with Crippen molar-refractivity contribution in [3.05, 3.63) is 91.5 Å². The van der Waals surface area contributed by atoms with E-state index in [0.717, 1.165) is 6.92 Å². The molecule has 6 aliphatic carbocycles. The van der Waals surface area contributed by atoms with Crippen LogP contribution in [-0.4, -0.2) is 137 Å². The predicted octanol–water partition coefficient (Wildman–Crippen LogP) is 1.53. The van der Waals surface area contributed by atoms with E-state index in [9.17, 15) is 69.6 Å². The van der Waals surface area contributed by atoms with Crippen molar-refractivity contribution in [3.8, 4) is 35.2 Å².